The zero-order valence-corrected chi connectivity index (χ0v) is 17.2. The van der Waals surface area contributed by atoms with Gasteiger partial charge in [0.2, 0.25) is 5.91 Å². The van der Waals surface area contributed by atoms with Crippen LogP contribution in [0.5, 0.6) is 0 Å². The lowest BCUT2D eigenvalue weighted by atomic mass is 9.94. The first-order valence-electron chi connectivity index (χ1n) is 9.77. The van der Waals surface area contributed by atoms with Crippen LogP contribution in [0.25, 0.3) is 0 Å². The Labute approximate surface area is 167 Å². The van der Waals surface area contributed by atoms with Crippen LogP contribution in [0.1, 0.15) is 48.1 Å². The van der Waals surface area contributed by atoms with Crippen LogP contribution in [0.4, 0.5) is 0 Å². The number of halogens is 1. The van der Waals surface area contributed by atoms with Crippen molar-refractivity contribution in [2.45, 2.75) is 46.2 Å². The Bertz CT molecular complexity index is 797. The highest BCUT2D eigenvalue weighted by molar-refractivity contribution is 6.31. The van der Waals surface area contributed by atoms with Crippen molar-refractivity contribution in [3.05, 3.63) is 69.7 Å². The van der Waals surface area contributed by atoms with Gasteiger partial charge < -0.3 is 5.32 Å². The predicted octanol–water partition coefficient (Wildman–Crippen LogP) is 5.05. The largest absolute Gasteiger partial charge is 0.349 e. The quantitative estimate of drug-likeness (QED) is 0.782. The molecule has 0 aromatic heterocycles. The van der Waals surface area contributed by atoms with Crippen LogP contribution in [0.15, 0.2) is 42.5 Å². The number of nitrogens with one attached hydrogen (secondary N) is 1. The molecular formula is C23H29ClN2O. The van der Waals surface area contributed by atoms with E-state index in [0.717, 1.165) is 43.1 Å². The molecule has 0 radical (unpaired) electrons. The molecule has 144 valence electrons. The van der Waals surface area contributed by atoms with E-state index in [1.165, 1.54) is 16.7 Å². The highest BCUT2D eigenvalue weighted by Crippen LogP contribution is 2.24. The van der Waals surface area contributed by atoms with Gasteiger partial charge in [-0.3, -0.25) is 9.69 Å². The van der Waals surface area contributed by atoms with Crippen molar-refractivity contribution < 1.29 is 4.79 Å². The summed E-state index contributed by atoms with van der Waals surface area (Å²) in [6, 6.07) is 14.4. The molecule has 0 saturated carbocycles. The first-order chi connectivity index (χ1) is 12.9. The zero-order valence-electron chi connectivity index (χ0n) is 16.5. The number of piperidine rings is 1. The summed E-state index contributed by atoms with van der Waals surface area (Å²) in [6.07, 6.45) is 1.80. The summed E-state index contributed by atoms with van der Waals surface area (Å²) in [5.41, 5.74) is 4.87. The number of aryl methyl sites for hydroxylation is 2. The van der Waals surface area contributed by atoms with E-state index < -0.39 is 0 Å². The second kappa shape index (κ2) is 8.90. The predicted molar refractivity (Wildman–Crippen MR) is 112 cm³/mol. The smallest absolute Gasteiger partial charge is 0.223 e. The number of rotatable bonds is 5. The average Bonchev–Trinajstić information content (AvgIpc) is 2.66. The molecule has 1 amide bonds. The summed E-state index contributed by atoms with van der Waals surface area (Å²) in [6.45, 7) is 9.01. The van der Waals surface area contributed by atoms with E-state index in [-0.39, 0.29) is 17.9 Å². The highest BCUT2D eigenvalue weighted by Gasteiger charge is 2.26. The molecular weight excluding hydrogens is 356 g/mol. The average molecular weight is 385 g/mol. The van der Waals surface area contributed by atoms with Crippen molar-refractivity contribution in [1.82, 2.24) is 10.2 Å². The Morgan fingerprint density at radius 2 is 1.85 bits per heavy atom. The van der Waals surface area contributed by atoms with E-state index in [1.54, 1.807) is 0 Å². The van der Waals surface area contributed by atoms with E-state index >= 15 is 0 Å². The van der Waals surface area contributed by atoms with Gasteiger partial charge in [-0.2, -0.15) is 0 Å². The molecule has 2 aromatic carbocycles. The molecule has 3 nitrogen and oxygen atoms in total. The molecule has 1 heterocycles. The van der Waals surface area contributed by atoms with Crippen molar-refractivity contribution in [2.75, 3.05) is 13.1 Å². The summed E-state index contributed by atoms with van der Waals surface area (Å²) in [4.78, 5) is 15.1. The van der Waals surface area contributed by atoms with Crippen LogP contribution in [0.3, 0.4) is 0 Å². The molecule has 1 N–H and O–H groups in total. The number of likely N-dealkylation sites (tertiary alicyclic amines) is 1. The Morgan fingerprint density at radius 3 is 2.52 bits per heavy atom. The molecule has 1 aliphatic rings. The lowest BCUT2D eigenvalue weighted by Gasteiger charge is -2.32. The lowest BCUT2D eigenvalue weighted by molar-refractivity contribution is -0.127. The van der Waals surface area contributed by atoms with E-state index in [4.69, 9.17) is 11.6 Å². The van der Waals surface area contributed by atoms with Crippen LogP contribution in [-0.4, -0.2) is 23.9 Å². The number of carbonyl (C=O) groups is 1. The van der Waals surface area contributed by atoms with Crippen molar-refractivity contribution in [3.63, 3.8) is 0 Å². The molecule has 1 aliphatic heterocycles. The second-order valence-electron chi connectivity index (χ2n) is 7.72. The van der Waals surface area contributed by atoms with Crippen molar-refractivity contribution in [1.29, 1.82) is 0 Å². The molecule has 0 spiro atoms. The third kappa shape index (κ3) is 5.12. The normalized spacial score (nSPS) is 16.9. The minimum absolute atomic E-state index is 0.0398. The molecule has 4 heteroatoms. The Kier molecular flexibility index (Phi) is 6.56. The first-order valence-corrected chi connectivity index (χ1v) is 10.1. The van der Waals surface area contributed by atoms with E-state index in [0.29, 0.717) is 0 Å². The molecule has 1 atom stereocenters. The van der Waals surface area contributed by atoms with Crippen LogP contribution in [0.2, 0.25) is 5.02 Å². The number of benzene rings is 2. The number of carbonyl (C=O) groups excluding carboxylic acids is 1. The minimum atomic E-state index is 0.0398. The summed E-state index contributed by atoms with van der Waals surface area (Å²) >= 11 is 6.27. The Hall–Kier alpha value is -1.84. The van der Waals surface area contributed by atoms with Gasteiger partial charge in [-0.15, -0.1) is 0 Å². The van der Waals surface area contributed by atoms with Crippen LogP contribution < -0.4 is 5.32 Å². The van der Waals surface area contributed by atoms with Gasteiger partial charge in [0.05, 0.1) is 6.04 Å². The zero-order chi connectivity index (χ0) is 19.4. The van der Waals surface area contributed by atoms with Gasteiger partial charge in [0.15, 0.2) is 0 Å². The molecule has 1 saturated heterocycles. The third-order valence-corrected chi connectivity index (χ3v) is 6.07. The number of hydrogen-bond acceptors (Lipinski definition) is 2. The lowest BCUT2D eigenvalue weighted by Crippen LogP contribution is -2.40. The molecule has 27 heavy (non-hydrogen) atoms. The Balaban J connectivity index is 1.51. The number of nitrogens with zero attached hydrogens (tertiary/aromatic N) is 1. The summed E-state index contributed by atoms with van der Waals surface area (Å²) < 4.78 is 0. The summed E-state index contributed by atoms with van der Waals surface area (Å²) in [5.74, 6) is 0.277. The van der Waals surface area contributed by atoms with E-state index in [2.05, 4.69) is 55.3 Å². The molecule has 3 rings (SSSR count). The van der Waals surface area contributed by atoms with Crippen LogP contribution >= 0.6 is 11.6 Å². The highest BCUT2D eigenvalue weighted by atomic mass is 35.5. The maximum atomic E-state index is 12.7. The van der Waals surface area contributed by atoms with Gasteiger partial charge in [0.1, 0.15) is 0 Å². The summed E-state index contributed by atoms with van der Waals surface area (Å²) in [5, 5.41) is 4.03. The van der Waals surface area contributed by atoms with Crippen LogP contribution in [0, 0.1) is 19.8 Å². The van der Waals surface area contributed by atoms with Gasteiger partial charge in [-0.25, -0.2) is 0 Å². The maximum absolute atomic E-state index is 12.7. The fourth-order valence-corrected chi connectivity index (χ4v) is 3.86. The fraction of sp³-hybridized carbons (Fsp3) is 0.435. The standard InChI is InChI=1S/C23H29ClN2O/c1-16-8-9-20(14-17(16)2)18(3)25-23(27)19-10-12-26(13-11-19)15-21-6-4-5-7-22(21)24/h4-9,14,18-19H,10-13,15H2,1-3H3,(H,25,27). The SMILES string of the molecule is Cc1ccc(C(C)NC(=O)C2CCN(Cc3ccccc3Cl)CC2)cc1C. The monoisotopic (exact) mass is 384 g/mol. The van der Waals surface area contributed by atoms with Gasteiger partial charge in [-0.1, -0.05) is 48.0 Å². The molecule has 2 aromatic rings. The molecule has 1 unspecified atom stereocenters. The van der Waals surface area contributed by atoms with Crippen molar-refractivity contribution in [3.8, 4) is 0 Å². The van der Waals surface area contributed by atoms with Gasteiger partial charge >= 0.3 is 0 Å². The van der Waals surface area contributed by atoms with Gasteiger partial charge in [0, 0.05) is 17.5 Å². The minimum Gasteiger partial charge on any atom is -0.349 e. The topological polar surface area (TPSA) is 32.3 Å². The van der Waals surface area contributed by atoms with Gasteiger partial charge in [0.25, 0.3) is 0 Å². The van der Waals surface area contributed by atoms with Crippen LogP contribution in [-0.2, 0) is 11.3 Å². The molecule has 1 fully saturated rings. The summed E-state index contributed by atoms with van der Waals surface area (Å²) in [7, 11) is 0. The maximum Gasteiger partial charge on any atom is 0.223 e. The van der Waals surface area contributed by atoms with Crippen molar-refractivity contribution >= 4 is 17.5 Å². The third-order valence-electron chi connectivity index (χ3n) is 5.70. The first kappa shape index (κ1) is 19.9. The van der Waals surface area contributed by atoms with E-state index in [1.807, 2.05) is 18.2 Å². The van der Waals surface area contributed by atoms with Crippen molar-refractivity contribution in [2.24, 2.45) is 5.92 Å². The molecule has 0 aliphatic carbocycles. The number of amides is 1. The molecule has 0 bridgehead atoms. The Morgan fingerprint density at radius 1 is 1.15 bits per heavy atom. The van der Waals surface area contributed by atoms with Gasteiger partial charge in [-0.05, 0) is 75.0 Å². The second-order valence-corrected chi connectivity index (χ2v) is 8.12. The van der Waals surface area contributed by atoms with E-state index in [9.17, 15) is 4.79 Å². The fourth-order valence-electron chi connectivity index (χ4n) is 3.67. The number of hydrogen-bond donors (Lipinski definition) is 1.